The van der Waals surface area contributed by atoms with Crippen molar-refractivity contribution in [3.8, 4) is 0 Å². The molecule has 0 radical (unpaired) electrons. The van der Waals surface area contributed by atoms with Crippen LogP contribution in [-0.2, 0) is 14.4 Å². The first kappa shape index (κ1) is 15.4. The van der Waals surface area contributed by atoms with Gasteiger partial charge in [0.15, 0.2) is 0 Å². The summed E-state index contributed by atoms with van der Waals surface area (Å²) < 4.78 is 5.72. The van der Waals surface area contributed by atoms with Gasteiger partial charge in [0.05, 0.1) is 25.4 Å². The van der Waals surface area contributed by atoms with Gasteiger partial charge < -0.3 is 4.74 Å². The Morgan fingerprint density at radius 3 is 2.22 bits per heavy atom. The van der Waals surface area contributed by atoms with E-state index in [1.807, 2.05) is 13.8 Å². The summed E-state index contributed by atoms with van der Waals surface area (Å²) in [5.41, 5.74) is 0. The van der Waals surface area contributed by atoms with Crippen molar-refractivity contribution in [1.29, 1.82) is 0 Å². The third-order valence-electron chi connectivity index (χ3n) is 3.31. The SMILES string of the molecule is CON(C)C(=O)C(C(C)C)N1CC(C)OC(C)C1. The molecular weight excluding hydrogens is 232 g/mol. The lowest BCUT2D eigenvalue weighted by molar-refractivity contribution is -0.180. The Morgan fingerprint density at radius 2 is 1.83 bits per heavy atom. The van der Waals surface area contributed by atoms with Crippen molar-refractivity contribution >= 4 is 5.91 Å². The number of carbonyl (C=O) groups is 1. The minimum absolute atomic E-state index is 0.00815. The number of morpholine rings is 1. The molecule has 3 unspecified atom stereocenters. The first-order chi connectivity index (χ1) is 8.36. The molecule has 0 spiro atoms. The quantitative estimate of drug-likeness (QED) is 0.709. The topological polar surface area (TPSA) is 42.0 Å². The molecule has 0 N–H and O–H groups in total. The summed E-state index contributed by atoms with van der Waals surface area (Å²) in [5.74, 6) is 0.251. The summed E-state index contributed by atoms with van der Waals surface area (Å²) in [5, 5.41) is 1.31. The van der Waals surface area contributed by atoms with Gasteiger partial charge in [-0.2, -0.15) is 0 Å². The maximum Gasteiger partial charge on any atom is 0.263 e. The molecule has 0 aromatic carbocycles. The van der Waals surface area contributed by atoms with Crippen LogP contribution in [0.15, 0.2) is 0 Å². The number of amides is 1. The van der Waals surface area contributed by atoms with Gasteiger partial charge in [-0.3, -0.25) is 14.5 Å². The van der Waals surface area contributed by atoms with E-state index in [1.165, 1.54) is 12.2 Å². The molecule has 5 heteroatoms. The Morgan fingerprint density at radius 1 is 1.33 bits per heavy atom. The van der Waals surface area contributed by atoms with E-state index in [0.29, 0.717) is 0 Å². The minimum atomic E-state index is -0.149. The van der Waals surface area contributed by atoms with Crippen molar-refractivity contribution in [2.24, 2.45) is 5.92 Å². The maximum absolute atomic E-state index is 12.3. The lowest BCUT2D eigenvalue weighted by atomic mass is 9.99. The molecule has 18 heavy (non-hydrogen) atoms. The Kier molecular flexibility index (Phi) is 5.56. The predicted octanol–water partition coefficient (Wildman–Crippen LogP) is 1.14. The van der Waals surface area contributed by atoms with Crippen LogP contribution in [0.25, 0.3) is 0 Å². The van der Waals surface area contributed by atoms with Crippen LogP contribution in [0.3, 0.4) is 0 Å². The van der Waals surface area contributed by atoms with E-state index in [4.69, 9.17) is 9.57 Å². The summed E-state index contributed by atoms with van der Waals surface area (Å²) in [6.45, 7) is 9.80. The van der Waals surface area contributed by atoms with Crippen molar-refractivity contribution in [3.05, 3.63) is 0 Å². The van der Waals surface area contributed by atoms with Gasteiger partial charge in [-0.05, 0) is 19.8 Å². The van der Waals surface area contributed by atoms with Gasteiger partial charge in [0.1, 0.15) is 0 Å². The molecule has 5 nitrogen and oxygen atoms in total. The predicted molar refractivity (Wildman–Crippen MR) is 70.0 cm³/mol. The molecule has 1 fully saturated rings. The van der Waals surface area contributed by atoms with Crippen LogP contribution in [-0.4, -0.2) is 61.4 Å². The second-order valence-corrected chi connectivity index (χ2v) is 5.42. The molecule has 0 saturated carbocycles. The molecule has 1 heterocycles. The molecule has 1 aliphatic rings. The molecule has 106 valence electrons. The molecule has 1 aliphatic heterocycles. The highest BCUT2D eigenvalue weighted by Gasteiger charge is 2.35. The molecule has 3 atom stereocenters. The summed E-state index contributed by atoms with van der Waals surface area (Å²) >= 11 is 0. The van der Waals surface area contributed by atoms with Crippen LogP contribution >= 0.6 is 0 Å². The van der Waals surface area contributed by atoms with Gasteiger partial charge in [0.2, 0.25) is 0 Å². The van der Waals surface area contributed by atoms with E-state index >= 15 is 0 Å². The van der Waals surface area contributed by atoms with Gasteiger partial charge in [0, 0.05) is 20.1 Å². The molecular formula is C13H26N2O3. The monoisotopic (exact) mass is 258 g/mol. The van der Waals surface area contributed by atoms with E-state index in [-0.39, 0.29) is 30.1 Å². The lowest BCUT2D eigenvalue weighted by Gasteiger charge is -2.41. The maximum atomic E-state index is 12.3. The summed E-state index contributed by atoms with van der Waals surface area (Å²) in [6, 6.07) is -0.149. The van der Waals surface area contributed by atoms with Crippen LogP contribution in [0.4, 0.5) is 0 Å². The van der Waals surface area contributed by atoms with Crippen LogP contribution < -0.4 is 0 Å². The number of carbonyl (C=O) groups excluding carboxylic acids is 1. The van der Waals surface area contributed by atoms with Crippen molar-refractivity contribution in [2.45, 2.75) is 45.9 Å². The number of hydrogen-bond donors (Lipinski definition) is 0. The van der Waals surface area contributed by atoms with Crippen molar-refractivity contribution in [1.82, 2.24) is 9.96 Å². The average molecular weight is 258 g/mol. The zero-order valence-corrected chi connectivity index (χ0v) is 12.3. The summed E-state index contributed by atoms with van der Waals surface area (Å²) in [6.07, 6.45) is 0.325. The normalized spacial score (nSPS) is 27.3. The largest absolute Gasteiger partial charge is 0.373 e. The molecule has 0 aliphatic carbocycles. The number of hydrogen-bond acceptors (Lipinski definition) is 4. The Balaban J connectivity index is 2.81. The molecule has 1 amide bonds. The summed E-state index contributed by atoms with van der Waals surface area (Å²) in [7, 11) is 3.17. The second-order valence-electron chi connectivity index (χ2n) is 5.42. The molecule has 1 saturated heterocycles. The summed E-state index contributed by atoms with van der Waals surface area (Å²) in [4.78, 5) is 19.6. The molecule has 1 rings (SSSR count). The molecule has 0 aromatic heterocycles. The standard InChI is InChI=1S/C13H26N2O3/c1-9(2)12(13(16)14(5)17-6)15-7-10(3)18-11(4)8-15/h9-12H,7-8H2,1-6H3. The Bertz CT molecular complexity index is 273. The van der Waals surface area contributed by atoms with Gasteiger partial charge in [-0.1, -0.05) is 13.8 Å². The van der Waals surface area contributed by atoms with E-state index in [0.717, 1.165) is 13.1 Å². The third-order valence-corrected chi connectivity index (χ3v) is 3.31. The van der Waals surface area contributed by atoms with Gasteiger partial charge in [-0.15, -0.1) is 0 Å². The highest BCUT2D eigenvalue weighted by atomic mass is 16.7. The average Bonchev–Trinajstić information content (AvgIpc) is 2.26. The fourth-order valence-corrected chi connectivity index (χ4v) is 2.58. The number of rotatable bonds is 4. The van der Waals surface area contributed by atoms with E-state index < -0.39 is 0 Å². The van der Waals surface area contributed by atoms with Crippen LogP contribution in [0.5, 0.6) is 0 Å². The van der Waals surface area contributed by atoms with E-state index in [1.54, 1.807) is 7.05 Å². The highest BCUT2D eigenvalue weighted by molar-refractivity contribution is 5.81. The second kappa shape index (κ2) is 6.50. The van der Waals surface area contributed by atoms with Crippen molar-refractivity contribution in [3.63, 3.8) is 0 Å². The Hall–Kier alpha value is -0.650. The van der Waals surface area contributed by atoms with Crippen molar-refractivity contribution < 1.29 is 14.4 Å². The van der Waals surface area contributed by atoms with Crippen LogP contribution in [0.1, 0.15) is 27.7 Å². The number of hydroxylamine groups is 2. The number of nitrogens with zero attached hydrogens (tertiary/aromatic N) is 2. The van der Waals surface area contributed by atoms with Crippen molar-refractivity contribution in [2.75, 3.05) is 27.2 Å². The van der Waals surface area contributed by atoms with Crippen LogP contribution in [0, 0.1) is 5.92 Å². The highest BCUT2D eigenvalue weighted by Crippen LogP contribution is 2.19. The minimum Gasteiger partial charge on any atom is -0.373 e. The Labute approximate surface area is 110 Å². The lowest BCUT2D eigenvalue weighted by Crippen LogP contribution is -2.57. The molecule has 0 bridgehead atoms. The fraction of sp³-hybridized carbons (Fsp3) is 0.923. The zero-order valence-electron chi connectivity index (χ0n) is 12.3. The van der Waals surface area contributed by atoms with Gasteiger partial charge in [-0.25, -0.2) is 5.06 Å². The fourth-order valence-electron chi connectivity index (χ4n) is 2.58. The first-order valence-electron chi connectivity index (χ1n) is 6.58. The number of ether oxygens (including phenoxy) is 1. The smallest absolute Gasteiger partial charge is 0.263 e. The zero-order chi connectivity index (χ0) is 13.9. The van der Waals surface area contributed by atoms with Crippen LogP contribution in [0.2, 0.25) is 0 Å². The van der Waals surface area contributed by atoms with E-state index in [2.05, 4.69) is 18.7 Å². The van der Waals surface area contributed by atoms with E-state index in [9.17, 15) is 4.79 Å². The third kappa shape index (κ3) is 3.67. The van der Waals surface area contributed by atoms with Gasteiger partial charge in [0.25, 0.3) is 5.91 Å². The molecule has 0 aromatic rings. The van der Waals surface area contributed by atoms with Gasteiger partial charge >= 0.3 is 0 Å². The first-order valence-corrected chi connectivity index (χ1v) is 6.58. The number of likely N-dealkylation sites (N-methyl/N-ethyl adjacent to an activating group) is 1.